The molecule has 1 saturated heterocycles. The number of aromatic nitrogens is 4. The minimum absolute atomic E-state index is 0.0431. The molecule has 0 bridgehead atoms. The second-order valence-corrected chi connectivity index (χ2v) is 8.29. The molecule has 3 aromatic rings. The first-order valence-corrected chi connectivity index (χ1v) is 10.4. The van der Waals surface area contributed by atoms with E-state index in [-0.39, 0.29) is 25.5 Å². The van der Waals surface area contributed by atoms with Crippen molar-refractivity contribution in [3.8, 4) is 5.75 Å². The molecule has 152 valence electrons. The summed E-state index contributed by atoms with van der Waals surface area (Å²) in [6, 6.07) is 7.09. The first-order valence-electron chi connectivity index (χ1n) is 8.91. The van der Waals surface area contributed by atoms with E-state index in [0.717, 1.165) is 5.56 Å². The number of phosphoric acid groups is 1. The van der Waals surface area contributed by atoms with Gasteiger partial charge in [-0.05, 0) is 6.07 Å². The van der Waals surface area contributed by atoms with E-state index < -0.39 is 26.3 Å². The predicted molar refractivity (Wildman–Crippen MR) is 98.6 cm³/mol. The zero-order valence-electron chi connectivity index (χ0n) is 15.1. The number of halogens is 1. The molecule has 2 aromatic heterocycles. The number of para-hydroxylation sites is 1. The van der Waals surface area contributed by atoms with Crippen molar-refractivity contribution in [3.05, 3.63) is 42.5 Å². The average Bonchev–Trinajstić information content (AvgIpc) is 3.30. The first-order chi connectivity index (χ1) is 14.0. The van der Waals surface area contributed by atoms with Gasteiger partial charge in [0.25, 0.3) is 0 Å². The molecule has 2 aliphatic heterocycles. The molecule has 1 aromatic carbocycles. The van der Waals surface area contributed by atoms with Crippen LogP contribution in [0.3, 0.4) is 0 Å². The van der Waals surface area contributed by atoms with Crippen LogP contribution in [0.15, 0.2) is 36.9 Å². The highest BCUT2D eigenvalue weighted by Gasteiger charge is 2.41. The molecule has 3 unspecified atom stereocenters. The van der Waals surface area contributed by atoms with Crippen LogP contribution in [0.1, 0.15) is 18.2 Å². The predicted octanol–water partition coefficient (Wildman–Crippen LogP) is 2.77. The van der Waals surface area contributed by atoms with Crippen LogP contribution in [0, 0.1) is 0 Å². The number of rotatable bonds is 4. The Labute approximate surface area is 164 Å². The number of hydrogen-bond donors (Lipinski definition) is 1. The minimum Gasteiger partial charge on any atom is -0.404 e. The molecule has 4 atom stereocenters. The van der Waals surface area contributed by atoms with Crippen LogP contribution in [-0.2, 0) is 25.0 Å². The quantitative estimate of drug-likeness (QED) is 0.633. The Hall–Kier alpha value is -2.59. The van der Waals surface area contributed by atoms with E-state index in [9.17, 15) is 8.96 Å². The van der Waals surface area contributed by atoms with E-state index in [4.69, 9.17) is 24.0 Å². The van der Waals surface area contributed by atoms with E-state index in [1.54, 1.807) is 12.1 Å². The number of hydrogen-bond acceptors (Lipinski definition) is 9. The molecule has 12 heteroatoms. The number of fused-ring (bicyclic) bond motifs is 2. The lowest BCUT2D eigenvalue weighted by atomic mass is 10.2. The van der Waals surface area contributed by atoms with Gasteiger partial charge in [0.15, 0.2) is 17.7 Å². The third-order valence-corrected chi connectivity index (χ3v) is 6.10. The van der Waals surface area contributed by atoms with Gasteiger partial charge in [0.05, 0.1) is 25.6 Å². The van der Waals surface area contributed by atoms with Gasteiger partial charge in [-0.25, -0.2) is 23.9 Å². The Kier molecular flexibility index (Phi) is 4.47. The number of nitrogens with zero attached hydrogens (tertiary/aromatic N) is 4. The molecule has 1 fully saturated rings. The van der Waals surface area contributed by atoms with Crippen molar-refractivity contribution in [2.75, 3.05) is 12.3 Å². The van der Waals surface area contributed by atoms with Crippen LogP contribution < -0.4 is 10.3 Å². The lowest BCUT2D eigenvalue weighted by molar-refractivity contribution is -0.0362. The van der Waals surface area contributed by atoms with Gasteiger partial charge in [0.1, 0.15) is 23.8 Å². The van der Waals surface area contributed by atoms with Crippen LogP contribution in [0.5, 0.6) is 5.75 Å². The van der Waals surface area contributed by atoms with Gasteiger partial charge in [0.2, 0.25) is 0 Å². The number of imidazole rings is 1. The summed E-state index contributed by atoms with van der Waals surface area (Å²) in [6.45, 7) is -0.0460. The van der Waals surface area contributed by atoms with E-state index in [0.29, 0.717) is 16.9 Å². The van der Waals surface area contributed by atoms with Crippen molar-refractivity contribution in [1.82, 2.24) is 19.5 Å². The third-order valence-electron chi connectivity index (χ3n) is 4.77. The SMILES string of the molecule is Nc1ncnc2c1ncn2C1OC(COP2(=O)OCc3ccccc3O2)C[C@@H]1F. The number of alkyl halides is 1. The summed E-state index contributed by atoms with van der Waals surface area (Å²) in [4.78, 5) is 12.1. The Bertz CT molecular complexity index is 1110. The molecule has 2 N–H and O–H groups in total. The first kappa shape index (κ1) is 18.4. The number of ether oxygens (including phenoxy) is 1. The second-order valence-electron chi connectivity index (χ2n) is 6.70. The fourth-order valence-electron chi connectivity index (χ4n) is 3.35. The number of nitrogen functional groups attached to an aromatic ring is 1. The maximum atomic E-state index is 14.7. The van der Waals surface area contributed by atoms with Crippen LogP contribution in [-0.4, -0.2) is 38.4 Å². The molecule has 2 aliphatic rings. The van der Waals surface area contributed by atoms with Crippen molar-refractivity contribution >= 4 is 24.8 Å². The maximum Gasteiger partial charge on any atom is 0.530 e. The van der Waals surface area contributed by atoms with Crippen molar-refractivity contribution in [2.24, 2.45) is 0 Å². The van der Waals surface area contributed by atoms with Gasteiger partial charge < -0.3 is 15.0 Å². The molecule has 5 rings (SSSR count). The molecule has 4 heterocycles. The summed E-state index contributed by atoms with van der Waals surface area (Å²) < 4.78 is 50.6. The highest BCUT2D eigenvalue weighted by atomic mass is 31.2. The summed E-state index contributed by atoms with van der Waals surface area (Å²) >= 11 is 0. The highest BCUT2D eigenvalue weighted by molar-refractivity contribution is 7.49. The summed E-state index contributed by atoms with van der Waals surface area (Å²) in [5.41, 5.74) is 7.28. The molecule has 0 amide bonds. The monoisotopic (exact) mass is 421 g/mol. The van der Waals surface area contributed by atoms with Crippen LogP contribution in [0.25, 0.3) is 11.2 Å². The van der Waals surface area contributed by atoms with E-state index >= 15 is 0 Å². The molecule has 0 aliphatic carbocycles. The van der Waals surface area contributed by atoms with Crippen molar-refractivity contribution in [1.29, 1.82) is 0 Å². The number of anilines is 1. The van der Waals surface area contributed by atoms with Gasteiger partial charge in [-0.1, -0.05) is 18.2 Å². The second kappa shape index (κ2) is 7.03. The van der Waals surface area contributed by atoms with Crippen molar-refractivity contribution in [3.63, 3.8) is 0 Å². The van der Waals surface area contributed by atoms with Gasteiger partial charge in [-0.15, -0.1) is 0 Å². The fraction of sp³-hybridized carbons (Fsp3) is 0.353. The fourth-order valence-corrected chi connectivity index (χ4v) is 4.60. The van der Waals surface area contributed by atoms with E-state index in [2.05, 4.69) is 15.0 Å². The molecule has 0 spiro atoms. The van der Waals surface area contributed by atoms with Crippen LogP contribution in [0.2, 0.25) is 0 Å². The Morgan fingerprint density at radius 1 is 1.31 bits per heavy atom. The van der Waals surface area contributed by atoms with Crippen molar-refractivity contribution < 1.29 is 27.3 Å². The molecule has 0 radical (unpaired) electrons. The maximum absolute atomic E-state index is 14.7. The topological polar surface area (TPSA) is 124 Å². The smallest absolute Gasteiger partial charge is 0.404 e. The Morgan fingerprint density at radius 2 is 2.17 bits per heavy atom. The largest absolute Gasteiger partial charge is 0.530 e. The van der Waals surface area contributed by atoms with Crippen molar-refractivity contribution in [2.45, 2.75) is 31.5 Å². The molecular weight excluding hydrogens is 404 g/mol. The Balaban J connectivity index is 1.27. The molecule has 29 heavy (non-hydrogen) atoms. The van der Waals surface area contributed by atoms with E-state index in [1.165, 1.54) is 17.2 Å². The van der Waals surface area contributed by atoms with Gasteiger partial charge in [-0.3, -0.25) is 13.6 Å². The summed E-state index contributed by atoms with van der Waals surface area (Å²) in [7, 11) is -3.80. The highest BCUT2D eigenvalue weighted by Crippen LogP contribution is 2.54. The number of nitrogens with two attached hydrogens (primary N) is 1. The molecule has 10 nitrogen and oxygen atoms in total. The minimum atomic E-state index is -3.80. The summed E-state index contributed by atoms with van der Waals surface area (Å²) in [5.74, 6) is 0.643. The summed E-state index contributed by atoms with van der Waals surface area (Å²) in [5, 5.41) is 0. The third kappa shape index (κ3) is 3.36. The summed E-state index contributed by atoms with van der Waals surface area (Å²) in [6.07, 6.45) is -0.226. The van der Waals surface area contributed by atoms with Gasteiger partial charge in [0, 0.05) is 12.0 Å². The Morgan fingerprint density at radius 3 is 3.07 bits per heavy atom. The molecular formula is C17H17FN5O5P. The zero-order chi connectivity index (χ0) is 20.0. The van der Waals surface area contributed by atoms with E-state index in [1.807, 2.05) is 12.1 Å². The van der Waals surface area contributed by atoms with Gasteiger partial charge >= 0.3 is 7.82 Å². The van der Waals surface area contributed by atoms with Crippen LogP contribution >= 0.6 is 7.82 Å². The van der Waals surface area contributed by atoms with Crippen LogP contribution in [0.4, 0.5) is 10.2 Å². The lowest BCUT2D eigenvalue weighted by Crippen LogP contribution is -2.19. The molecule has 0 saturated carbocycles. The number of phosphoric ester groups is 1. The average molecular weight is 421 g/mol. The normalized spacial score (nSPS) is 28.9. The van der Waals surface area contributed by atoms with Gasteiger partial charge in [-0.2, -0.15) is 0 Å². The number of benzene rings is 1. The standard InChI is InChI=1S/C17H17FN5O5P/c18-12-5-11(7-26-29(24)25-6-10-3-1-2-4-13(10)28-29)27-17(12)23-9-22-14-15(19)20-8-21-16(14)23/h1-4,8-9,11-12,17H,5-7H2,(H2,19,20,21)/t11?,12-,17?,29?/m0/s1. The zero-order valence-corrected chi connectivity index (χ0v) is 15.9. The lowest BCUT2D eigenvalue weighted by Gasteiger charge is -2.25.